The summed E-state index contributed by atoms with van der Waals surface area (Å²) in [5.41, 5.74) is 0.187. The largest absolute Gasteiger partial charge is 0.506 e. The Bertz CT molecular complexity index is 949. The van der Waals surface area contributed by atoms with Gasteiger partial charge >= 0.3 is 5.63 Å². The first-order valence-corrected chi connectivity index (χ1v) is 7.21. The van der Waals surface area contributed by atoms with Gasteiger partial charge in [0.1, 0.15) is 27.6 Å². The first-order valence-electron chi connectivity index (χ1n) is 6.80. The van der Waals surface area contributed by atoms with E-state index in [9.17, 15) is 9.90 Å². The number of hydrogen-bond acceptors (Lipinski definition) is 5. The molecule has 0 spiro atoms. The molecule has 0 radical (unpaired) electrons. The molecule has 0 bridgehead atoms. The molecule has 1 heterocycles. The third kappa shape index (κ3) is 2.89. The van der Waals surface area contributed by atoms with Crippen molar-refractivity contribution in [3.63, 3.8) is 0 Å². The second-order valence-corrected chi connectivity index (χ2v) is 5.20. The van der Waals surface area contributed by atoms with Crippen LogP contribution in [0.25, 0.3) is 11.0 Å². The summed E-state index contributed by atoms with van der Waals surface area (Å²) in [5.74, 6) is 0.449. The van der Waals surface area contributed by atoms with Crippen molar-refractivity contribution in [1.82, 2.24) is 0 Å². The predicted octanol–water partition coefficient (Wildman–Crippen LogP) is 3.29. The molecule has 2 N–H and O–H groups in total. The van der Waals surface area contributed by atoms with Gasteiger partial charge in [0.2, 0.25) is 0 Å². The Balaban J connectivity index is 2.02. The Hall–Kier alpha value is -2.86. The van der Waals surface area contributed by atoms with Crippen LogP contribution >= 0.6 is 12.2 Å². The van der Waals surface area contributed by atoms with Gasteiger partial charge in [-0.15, -0.1) is 0 Å². The number of fused-ring (bicyclic) bond motifs is 1. The zero-order chi connectivity index (χ0) is 16.4. The summed E-state index contributed by atoms with van der Waals surface area (Å²) in [5, 5.41) is 13.7. The maximum absolute atomic E-state index is 12.1. The van der Waals surface area contributed by atoms with Crippen molar-refractivity contribution in [3.05, 3.63) is 64.5 Å². The summed E-state index contributed by atoms with van der Waals surface area (Å²) in [4.78, 5) is 12.2. The predicted molar refractivity (Wildman–Crippen MR) is 92.5 cm³/mol. The molecule has 116 valence electrons. The van der Waals surface area contributed by atoms with Gasteiger partial charge in [0.15, 0.2) is 0 Å². The van der Waals surface area contributed by atoms with E-state index in [1.165, 1.54) is 0 Å². The second kappa shape index (κ2) is 6.10. The Morgan fingerprint density at radius 1 is 1.22 bits per heavy atom. The molecule has 5 nitrogen and oxygen atoms in total. The van der Waals surface area contributed by atoms with E-state index in [2.05, 4.69) is 5.32 Å². The van der Waals surface area contributed by atoms with Gasteiger partial charge in [-0.25, -0.2) is 4.79 Å². The lowest BCUT2D eigenvalue weighted by molar-refractivity contribution is 0.415. The van der Waals surface area contributed by atoms with Gasteiger partial charge in [0, 0.05) is 11.8 Å². The van der Waals surface area contributed by atoms with Gasteiger partial charge in [0.05, 0.1) is 12.5 Å². The van der Waals surface area contributed by atoms with Crippen molar-refractivity contribution in [1.29, 1.82) is 0 Å². The van der Waals surface area contributed by atoms with Gasteiger partial charge in [-0.1, -0.05) is 30.4 Å². The number of nitrogens with one attached hydrogen (secondary N) is 1. The lowest BCUT2D eigenvalue weighted by Gasteiger charge is -2.10. The highest BCUT2D eigenvalue weighted by Gasteiger charge is 2.18. The molecular formula is C17H13NO4S. The lowest BCUT2D eigenvalue weighted by atomic mass is 10.1. The van der Waals surface area contributed by atoms with Crippen LogP contribution in [0.15, 0.2) is 57.7 Å². The van der Waals surface area contributed by atoms with Crippen molar-refractivity contribution in [2.45, 2.75) is 0 Å². The number of ether oxygens (including phenoxy) is 1. The fourth-order valence-electron chi connectivity index (χ4n) is 2.23. The standard InChI is InChI=1S/C17H13NO4S/c1-21-11-6-4-5-10(9-11)18-16(23)14-15(19)12-7-2-3-8-13(12)22-17(14)20/h2-9,19H,1H3,(H,18,23). The van der Waals surface area contributed by atoms with Gasteiger partial charge in [0.25, 0.3) is 0 Å². The highest BCUT2D eigenvalue weighted by atomic mass is 32.1. The Labute approximate surface area is 137 Å². The first kappa shape index (κ1) is 15.1. The molecule has 0 aliphatic heterocycles. The SMILES string of the molecule is COc1cccc(NC(=S)c2c(O)c3ccccc3oc2=O)c1. The number of thiocarbonyl (C=S) groups is 1. The average molecular weight is 327 g/mol. The van der Waals surface area contributed by atoms with Crippen molar-refractivity contribution >= 4 is 33.9 Å². The molecule has 23 heavy (non-hydrogen) atoms. The normalized spacial score (nSPS) is 10.5. The Morgan fingerprint density at radius 2 is 2.00 bits per heavy atom. The molecule has 0 atom stereocenters. The zero-order valence-electron chi connectivity index (χ0n) is 12.2. The van der Waals surface area contributed by atoms with Crippen molar-refractivity contribution in [3.8, 4) is 11.5 Å². The van der Waals surface area contributed by atoms with Crippen molar-refractivity contribution in [2.24, 2.45) is 0 Å². The lowest BCUT2D eigenvalue weighted by Crippen LogP contribution is -2.20. The third-order valence-corrected chi connectivity index (χ3v) is 3.65. The number of anilines is 1. The number of hydrogen-bond donors (Lipinski definition) is 2. The summed E-state index contributed by atoms with van der Waals surface area (Å²) < 4.78 is 10.3. The third-order valence-electron chi connectivity index (χ3n) is 3.34. The topological polar surface area (TPSA) is 71.7 Å². The molecule has 6 heteroatoms. The van der Waals surface area contributed by atoms with Crippen molar-refractivity contribution < 1.29 is 14.3 Å². The monoisotopic (exact) mass is 327 g/mol. The number of para-hydroxylation sites is 1. The van der Waals surface area contributed by atoms with Gasteiger partial charge in [-0.3, -0.25) is 0 Å². The molecule has 2 aromatic carbocycles. The van der Waals surface area contributed by atoms with Crippen LogP contribution in [-0.2, 0) is 0 Å². The van der Waals surface area contributed by atoms with E-state index >= 15 is 0 Å². The number of methoxy groups -OCH3 is 1. The fraction of sp³-hybridized carbons (Fsp3) is 0.0588. The van der Waals surface area contributed by atoms with Crippen molar-refractivity contribution in [2.75, 3.05) is 12.4 Å². The molecule has 0 saturated heterocycles. The van der Waals surface area contributed by atoms with E-state index in [1.807, 2.05) is 0 Å². The van der Waals surface area contributed by atoms with Crippen LogP contribution in [0.3, 0.4) is 0 Å². The van der Waals surface area contributed by atoms with Crippen LogP contribution in [0.5, 0.6) is 11.5 Å². The maximum Gasteiger partial charge on any atom is 0.350 e. The van der Waals surface area contributed by atoms with E-state index in [4.69, 9.17) is 21.4 Å². The minimum Gasteiger partial charge on any atom is -0.506 e. The summed E-state index contributed by atoms with van der Waals surface area (Å²) in [6.45, 7) is 0. The van der Waals surface area contributed by atoms with E-state index in [0.717, 1.165) is 0 Å². The number of benzene rings is 2. The van der Waals surface area contributed by atoms with Gasteiger partial charge < -0.3 is 19.6 Å². The van der Waals surface area contributed by atoms with Gasteiger partial charge in [-0.05, 0) is 24.3 Å². The van der Waals surface area contributed by atoms with E-state index in [-0.39, 0.29) is 16.3 Å². The second-order valence-electron chi connectivity index (χ2n) is 4.80. The first-order chi connectivity index (χ1) is 11.1. The molecule has 3 aromatic rings. The molecule has 0 amide bonds. The van der Waals surface area contributed by atoms with Crippen LogP contribution in [-0.4, -0.2) is 17.2 Å². The Morgan fingerprint density at radius 3 is 2.78 bits per heavy atom. The Kier molecular flexibility index (Phi) is 3.99. The van der Waals surface area contributed by atoms with Crippen LogP contribution < -0.4 is 15.7 Å². The highest BCUT2D eigenvalue weighted by Crippen LogP contribution is 2.27. The van der Waals surface area contributed by atoms with Crippen LogP contribution in [0, 0.1) is 0 Å². The molecule has 0 fully saturated rings. The summed E-state index contributed by atoms with van der Waals surface area (Å²) in [6, 6.07) is 13.8. The zero-order valence-corrected chi connectivity index (χ0v) is 13.0. The van der Waals surface area contributed by atoms with Crippen LogP contribution in [0.4, 0.5) is 5.69 Å². The van der Waals surface area contributed by atoms with E-state index < -0.39 is 5.63 Å². The molecule has 0 saturated carbocycles. The molecule has 1 aromatic heterocycles. The highest BCUT2D eigenvalue weighted by molar-refractivity contribution is 7.81. The summed E-state index contributed by atoms with van der Waals surface area (Å²) in [6.07, 6.45) is 0. The summed E-state index contributed by atoms with van der Waals surface area (Å²) >= 11 is 5.25. The minimum absolute atomic E-state index is 0.0680. The quantitative estimate of drug-likeness (QED) is 0.568. The molecule has 0 unspecified atom stereocenters. The van der Waals surface area contributed by atoms with Gasteiger partial charge in [-0.2, -0.15) is 0 Å². The summed E-state index contributed by atoms with van der Waals surface area (Å²) in [7, 11) is 1.56. The van der Waals surface area contributed by atoms with Crippen LogP contribution in [0.2, 0.25) is 0 Å². The maximum atomic E-state index is 12.1. The number of aromatic hydroxyl groups is 1. The molecular weight excluding hydrogens is 314 g/mol. The fourth-order valence-corrected chi connectivity index (χ4v) is 2.53. The average Bonchev–Trinajstić information content (AvgIpc) is 2.55. The minimum atomic E-state index is -0.693. The smallest absolute Gasteiger partial charge is 0.350 e. The number of rotatable bonds is 3. The van der Waals surface area contributed by atoms with Crippen LogP contribution in [0.1, 0.15) is 5.56 Å². The van der Waals surface area contributed by atoms with E-state index in [0.29, 0.717) is 22.4 Å². The molecule has 0 aliphatic rings. The van der Waals surface area contributed by atoms with E-state index in [1.54, 1.807) is 55.6 Å². The molecule has 3 rings (SSSR count). The molecule has 0 aliphatic carbocycles.